The lowest BCUT2D eigenvalue weighted by atomic mass is 9.79. The molecule has 0 saturated heterocycles. The highest BCUT2D eigenvalue weighted by molar-refractivity contribution is 5.04. The second-order valence-electron chi connectivity index (χ2n) is 4.22. The number of rotatable bonds is 2. The fraction of sp³-hybridized carbons (Fsp3) is 1.00. The summed E-state index contributed by atoms with van der Waals surface area (Å²) >= 11 is 0. The summed E-state index contributed by atoms with van der Waals surface area (Å²) in [5.41, 5.74) is 0.805. The van der Waals surface area contributed by atoms with Crippen molar-refractivity contribution in [3.05, 3.63) is 0 Å². The SMILES string of the molecule is CC(C)OC1CC2(CC2)C1. The zero-order valence-electron chi connectivity index (χ0n) is 6.89. The minimum absolute atomic E-state index is 0.432. The summed E-state index contributed by atoms with van der Waals surface area (Å²) in [6.07, 6.45) is 6.70. The molecule has 0 heterocycles. The molecular weight excluding hydrogens is 124 g/mol. The molecule has 2 aliphatic carbocycles. The quantitative estimate of drug-likeness (QED) is 0.572. The zero-order chi connectivity index (χ0) is 7.19. The molecule has 1 spiro atoms. The molecule has 0 aromatic carbocycles. The van der Waals surface area contributed by atoms with E-state index in [9.17, 15) is 0 Å². The third-order valence-electron chi connectivity index (χ3n) is 2.74. The van der Waals surface area contributed by atoms with Crippen molar-refractivity contribution in [1.82, 2.24) is 0 Å². The van der Waals surface area contributed by atoms with Gasteiger partial charge in [0.2, 0.25) is 0 Å². The van der Waals surface area contributed by atoms with Crippen molar-refractivity contribution in [3.63, 3.8) is 0 Å². The van der Waals surface area contributed by atoms with E-state index in [4.69, 9.17) is 4.74 Å². The summed E-state index contributed by atoms with van der Waals surface area (Å²) in [5, 5.41) is 0. The van der Waals surface area contributed by atoms with Crippen LogP contribution in [0.4, 0.5) is 0 Å². The van der Waals surface area contributed by atoms with Crippen molar-refractivity contribution in [1.29, 1.82) is 0 Å². The normalized spacial score (nSPS) is 29.1. The lowest BCUT2D eigenvalue weighted by molar-refractivity contribution is -0.0701. The third kappa shape index (κ3) is 1.07. The van der Waals surface area contributed by atoms with Gasteiger partial charge in [-0.3, -0.25) is 0 Å². The number of hydrogen-bond acceptors (Lipinski definition) is 1. The monoisotopic (exact) mass is 140 g/mol. The van der Waals surface area contributed by atoms with Gasteiger partial charge in [-0.1, -0.05) is 0 Å². The molecule has 0 atom stereocenters. The molecule has 1 heteroatoms. The first kappa shape index (κ1) is 6.66. The van der Waals surface area contributed by atoms with Crippen molar-refractivity contribution < 1.29 is 4.74 Å². The fourth-order valence-electron chi connectivity index (χ4n) is 1.97. The summed E-state index contributed by atoms with van der Waals surface area (Å²) in [5.74, 6) is 0. The molecule has 2 fully saturated rings. The van der Waals surface area contributed by atoms with E-state index in [2.05, 4.69) is 13.8 Å². The molecule has 0 unspecified atom stereocenters. The summed E-state index contributed by atoms with van der Waals surface area (Å²) in [7, 11) is 0. The Labute approximate surface area is 62.8 Å². The van der Waals surface area contributed by atoms with Gasteiger partial charge in [0.1, 0.15) is 0 Å². The van der Waals surface area contributed by atoms with Gasteiger partial charge in [-0.15, -0.1) is 0 Å². The molecule has 2 saturated carbocycles. The molecule has 0 radical (unpaired) electrons. The molecule has 2 aliphatic rings. The minimum Gasteiger partial charge on any atom is -0.376 e. The van der Waals surface area contributed by atoms with Crippen LogP contribution in [0.25, 0.3) is 0 Å². The molecule has 0 N–H and O–H groups in total. The van der Waals surface area contributed by atoms with Gasteiger partial charge in [0, 0.05) is 0 Å². The van der Waals surface area contributed by atoms with Gasteiger partial charge in [-0.2, -0.15) is 0 Å². The van der Waals surface area contributed by atoms with E-state index in [0.29, 0.717) is 12.2 Å². The Balaban J connectivity index is 1.70. The second kappa shape index (κ2) is 1.97. The van der Waals surface area contributed by atoms with Crippen LogP contribution in [0.1, 0.15) is 39.5 Å². The van der Waals surface area contributed by atoms with E-state index >= 15 is 0 Å². The van der Waals surface area contributed by atoms with Crippen LogP contribution in [-0.2, 0) is 4.74 Å². The molecule has 0 aromatic heterocycles. The predicted molar refractivity (Wildman–Crippen MR) is 40.9 cm³/mol. The molecule has 58 valence electrons. The Morgan fingerprint density at radius 2 is 1.90 bits per heavy atom. The number of ether oxygens (including phenoxy) is 1. The largest absolute Gasteiger partial charge is 0.376 e. The molecule has 0 bridgehead atoms. The van der Waals surface area contributed by atoms with E-state index in [1.165, 1.54) is 25.7 Å². The van der Waals surface area contributed by atoms with Crippen molar-refractivity contribution >= 4 is 0 Å². The average Bonchev–Trinajstić information content (AvgIpc) is 2.41. The average molecular weight is 140 g/mol. The van der Waals surface area contributed by atoms with Crippen LogP contribution in [0.15, 0.2) is 0 Å². The highest BCUT2D eigenvalue weighted by Crippen LogP contribution is 2.61. The molecule has 2 rings (SSSR count). The van der Waals surface area contributed by atoms with Crippen molar-refractivity contribution in [2.45, 2.75) is 51.7 Å². The zero-order valence-corrected chi connectivity index (χ0v) is 6.89. The summed E-state index contributed by atoms with van der Waals surface area (Å²) in [4.78, 5) is 0. The van der Waals surface area contributed by atoms with E-state index in [1.807, 2.05) is 0 Å². The fourth-order valence-corrected chi connectivity index (χ4v) is 1.97. The van der Waals surface area contributed by atoms with E-state index in [0.717, 1.165) is 5.41 Å². The maximum Gasteiger partial charge on any atom is 0.0589 e. The molecule has 0 aliphatic heterocycles. The highest BCUT2D eigenvalue weighted by atomic mass is 16.5. The Morgan fingerprint density at radius 1 is 1.30 bits per heavy atom. The Bertz CT molecular complexity index is 125. The van der Waals surface area contributed by atoms with Crippen molar-refractivity contribution in [3.8, 4) is 0 Å². The summed E-state index contributed by atoms with van der Waals surface area (Å²) in [6, 6.07) is 0. The molecular formula is C9H16O. The van der Waals surface area contributed by atoms with Crippen LogP contribution >= 0.6 is 0 Å². The Hall–Kier alpha value is -0.0400. The van der Waals surface area contributed by atoms with Gasteiger partial charge in [0.15, 0.2) is 0 Å². The third-order valence-corrected chi connectivity index (χ3v) is 2.74. The van der Waals surface area contributed by atoms with Gasteiger partial charge < -0.3 is 4.74 Å². The first-order chi connectivity index (χ1) is 4.70. The molecule has 1 nitrogen and oxygen atoms in total. The van der Waals surface area contributed by atoms with Crippen molar-refractivity contribution in [2.24, 2.45) is 5.41 Å². The lowest BCUT2D eigenvalue weighted by Gasteiger charge is -2.36. The lowest BCUT2D eigenvalue weighted by Crippen LogP contribution is -2.34. The summed E-state index contributed by atoms with van der Waals surface area (Å²) in [6.45, 7) is 4.25. The van der Waals surface area contributed by atoms with Crippen LogP contribution in [0.5, 0.6) is 0 Å². The topological polar surface area (TPSA) is 9.23 Å². The molecule has 0 amide bonds. The standard InChI is InChI=1S/C9H16O/c1-7(2)10-8-5-9(6-8)3-4-9/h7-8H,3-6H2,1-2H3. The van der Waals surface area contributed by atoms with Crippen LogP contribution in [0.3, 0.4) is 0 Å². The Kier molecular flexibility index (Phi) is 1.31. The molecule has 10 heavy (non-hydrogen) atoms. The van der Waals surface area contributed by atoms with Crippen LogP contribution in [0, 0.1) is 5.41 Å². The smallest absolute Gasteiger partial charge is 0.0589 e. The van der Waals surface area contributed by atoms with Gasteiger partial charge >= 0.3 is 0 Å². The van der Waals surface area contributed by atoms with E-state index < -0.39 is 0 Å². The second-order valence-corrected chi connectivity index (χ2v) is 4.22. The molecule has 0 aromatic rings. The Morgan fingerprint density at radius 3 is 2.30 bits per heavy atom. The van der Waals surface area contributed by atoms with E-state index in [1.54, 1.807) is 0 Å². The maximum absolute atomic E-state index is 5.66. The van der Waals surface area contributed by atoms with Gasteiger partial charge in [-0.05, 0) is 44.9 Å². The first-order valence-corrected chi connectivity index (χ1v) is 4.36. The summed E-state index contributed by atoms with van der Waals surface area (Å²) < 4.78 is 5.66. The maximum atomic E-state index is 5.66. The highest BCUT2D eigenvalue weighted by Gasteiger charge is 2.53. The van der Waals surface area contributed by atoms with Gasteiger partial charge in [-0.25, -0.2) is 0 Å². The minimum atomic E-state index is 0.432. The van der Waals surface area contributed by atoms with Gasteiger partial charge in [0.25, 0.3) is 0 Å². The van der Waals surface area contributed by atoms with Gasteiger partial charge in [0.05, 0.1) is 12.2 Å². The van der Waals surface area contributed by atoms with Crippen LogP contribution in [-0.4, -0.2) is 12.2 Å². The van der Waals surface area contributed by atoms with Crippen LogP contribution in [0.2, 0.25) is 0 Å². The van der Waals surface area contributed by atoms with Crippen molar-refractivity contribution in [2.75, 3.05) is 0 Å². The first-order valence-electron chi connectivity index (χ1n) is 4.36. The van der Waals surface area contributed by atoms with E-state index in [-0.39, 0.29) is 0 Å². The number of hydrogen-bond donors (Lipinski definition) is 0. The predicted octanol–water partition coefficient (Wildman–Crippen LogP) is 2.35. The van der Waals surface area contributed by atoms with Crippen LogP contribution < -0.4 is 0 Å².